The molecule has 3 aliphatic rings. The highest BCUT2D eigenvalue weighted by Crippen LogP contribution is 2.41. The van der Waals surface area contributed by atoms with Crippen LogP contribution in [0.2, 0.25) is 0 Å². The summed E-state index contributed by atoms with van der Waals surface area (Å²) in [6.07, 6.45) is 10.1. The number of carbonyl (C=O) groups is 9. The first kappa shape index (κ1) is 109. The van der Waals surface area contributed by atoms with Crippen LogP contribution in [-0.2, 0) is 62.1 Å². The Kier molecular flexibility index (Phi) is 37.2. The number of carboxylic acid groups (broad SMARTS) is 1. The average molecular weight is 1940 g/mol. The molecule has 0 radical (unpaired) electrons. The van der Waals surface area contributed by atoms with Gasteiger partial charge in [-0.15, -0.1) is 0 Å². The lowest BCUT2D eigenvalue weighted by Crippen LogP contribution is -2.52. The van der Waals surface area contributed by atoms with Crippen molar-refractivity contribution in [1.29, 1.82) is 0 Å². The van der Waals surface area contributed by atoms with Gasteiger partial charge >= 0.3 is 42.5 Å². The molecule has 3 N–H and O–H groups in total. The third kappa shape index (κ3) is 31.6. The van der Waals surface area contributed by atoms with Gasteiger partial charge in [0.2, 0.25) is 11.8 Å². The predicted molar refractivity (Wildman–Crippen MR) is 570 cm³/mol. The van der Waals surface area contributed by atoms with Crippen molar-refractivity contribution in [3.63, 3.8) is 0 Å². The topological polar surface area (TPSA) is 279 Å². The van der Waals surface area contributed by atoms with Gasteiger partial charge in [-0.25, -0.2) is 28.8 Å². The monoisotopic (exact) mass is 1940 g/mol. The van der Waals surface area contributed by atoms with Crippen molar-refractivity contribution >= 4 is 151 Å². The lowest BCUT2D eigenvalue weighted by atomic mass is 9.90. The van der Waals surface area contributed by atoms with Gasteiger partial charge in [0.15, 0.2) is 0 Å². The lowest BCUT2D eigenvalue weighted by Gasteiger charge is -2.36. The molecule has 0 bridgehead atoms. The summed E-state index contributed by atoms with van der Waals surface area (Å²) in [5.41, 5.74) is -0.302. The van der Waals surface area contributed by atoms with Gasteiger partial charge in [0.05, 0.1) is 0 Å². The maximum atomic E-state index is 14.0. The van der Waals surface area contributed by atoms with E-state index in [1.54, 1.807) is 108 Å². The summed E-state index contributed by atoms with van der Waals surface area (Å²) in [5, 5.41) is 38.7. The van der Waals surface area contributed by atoms with Crippen molar-refractivity contribution in [3.8, 4) is 0 Å². The summed E-state index contributed by atoms with van der Waals surface area (Å²) >= 11 is 0. The van der Waals surface area contributed by atoms with E-state index in [0.29, 0.717) is 57.8 Å². The second kappa shape index (κ2) is 48.7. The smallest absolute Gasteiger partial charge is 0.410 e. The zero-order valence-corrected chi connectivity index (χ0v) is 87.5. The second-order valence-corrected chi connectivity index (χ2v) is 43.9. The normalized spacial score (nSPS) is 15.7. The number of rotatable bonds is 12. The molecule has 8 amide bonds. The van der Waals surface area contributed by atoms with Crippen LogP contribution in [0.4, 0.5) is 28.8 Å². The summed E-state index contributed by atoms with van der Waals surface area (Å²) in [7, 11) is 0. The van der Waals surface area contributed by atoms with E-state index >= 15 is 0 Å². The van der Waals surface area contributed by atoms with E-state index in [0.717, 1.165) is 64.7 Å². The lowest BCUT2D eigenvalue weighted by molar-refractivity contribution is -0.137. The van der Waals surface area contributed by atoms with Gasteiger partial charge in [-0.2, -0.15) is 0 Å². The number of ether oxygens (including phenoxy) is 6. The minimum Gasteiger partial charge on any atom is -0.481 e. The Morgan fingerprint density at radius 3 is 0.704 bits per heavy atom. The number of nitrogens with zero attached hydrogens (tertiary/aromatic N) is 8. The van der Waals surface area contributed by atoms with Crippen LogP contribution in [0.1, 0.15) is 218 Å². The van der Waals surface area contributed by atoms with Crippen molar-refractivity contribution in [2.24, 2.45) is 0 Å². The van der Waals surface area contributed by atoms with Gasteiger partial charge in [-0.3, -0.25) is 14.4 Å². The van der Waals surface area contributed by atoms with Gasteiger partial charge in [-0.05, 0) is 316 Å². The molecule has 0 aliphatic carbocycles. The molecule has 0 atom stereocenters. The van der Waals surface area contributed by atoms with Crippen LogP contribution in [0.25, 0.3) is 97.0 Å². The van der Waals surface area contributed by atoms with Crippen LogP contribution in [0, 0.1) is 0 Å². The molecule has 3 saturated heterocycles. The van der Waals surface area contributed by atoms with Crippen LogP contribution in [0.3, 0.4) is 0 Å². The predicted octanol–water partition coefficient (Wildman–Crippen LogP) is 23.4. The zero-order chi connectivity index (χ0) is 102. The van der Waals surface area contributed by atoms with E-state index in [9.17, 15) is 43.2 Å². The number of carboxylic acids is 1. The quantitative estimate of drug-likeness (QED) is 0.0757. The molecule has 3 aliphatic heterocycles. The number of aliphatic carboxylic acids is 1. The number of carbonyl (C=O) groups excluding carboxylic acids is 8. The van der Waals surface area contributed by atoms with E-state index < -0.39 is 76.1 Å². The Morgan fingerprint density at radius 1 is 0.239 bits per heavy atom. The SMILES string of the molecule is CC(C)(C)OC(=O)N1CCN(C(=O)CCCc2ccc3ccc4cccc5ccc2c3c45)CCN(C(=O)OC(C)(C)C)CCN(C(=O)OC(C)(C)C)CC1.CC(C)(C)OC(=O)N1CCNCCN(C(=O)OC(C)(C)C)CCN(C(=O)OC(C)(C)C)CC1.O=C(CCCc1ccc2ccc3cccc4ccc1c2c34)N1CCCCCNCCCCC1.O=C(O)CCCc1ccc2ccc3cccc4ccc1c2c34. The maximum Gasteiger partial charge on any atom is 0.410 e. The first-order chi connectivity index (χ1) is 67.3. The molecular formula is C116H154N10O16. The van der Waals surface area contributed by atoms with E-state index in [1.807, 2.05) is 41.5 Å². The molecule has 3 fully saturated rings. The van der Waals surface area contributed by atoms with Crippen LogP contribution in [-0.4, -0.2) is 263 Å². The van der Waals surface area contributed by atoms with Crippen molar-refractivity contribution < 1.29 is 76.7 Å². The first-order valence-corrected chi connectivity index (χ1v) is 51.3. The number of nitrogens with one attached hydrogen (secondary N) is 2. The molecular weight excluding hydrogens is 1790 g/mol. The van der Waals surface area contributed by atoms with Crippen LogP contribution in [0.15, 0.2) is 164 Å². The van der Waals surface area contributed by atoms with E-state index in [-0.39, 0.29) is 90.9 Å². The molecule has 12 aromatic carbocycles. The summed E-state index contributed by atoms with van der Waals surface area (Å²) in [6.45, 7) is 40.9. The molecule has 26 nitrogen and oxygen atoms in total. The van der Waals surface area contributed by atoms with Crippen molar-refractivity contribution in [2.75, 3.05) is 131 Å². The second-order valence-electron chi connectivity index (χ2n) is 43.9. The van der Waals surface area contributed by atoms with E-state index in [4.69, 9.17) is 33.5 Å². The molecule has 26 heteroatoms. The van der Waals surface area contributed by atoms with Gasteiger partial charge in [0.25, 0.3) is 0 Å². The molecule has 0 saturated carbocycles. The van der Waals surface area contributed by atoms with E-state index in [2.05, 4.69) is 179 Å². The Balaban J connectivity index is 0.000000178. The third-order valence-corrected chi connectivity index (χ3v) is 25.5. The molecule has 0 spiro atoms. The Morgan fingerprint density at radius 2 is 0.451 bits per heavy atom. The van der Waals surface area contributed by atoms with Gasteiger partial charge in [0.1, 0.15) is 33.6 Å². The average Bonchev–Trinajstić information content (AvgIpc) is 0.748. The largest absolute Gasteiger partial charge is 0.481 e. The van der Waals surface area contributed by atoms with Crippen molar-refractivity contribution in [3.05, 3.63) is 180 Å². The number of benzene rings is 12. The summed E-state index contributed by atoms with van der Waals surface area (Å²) in [4.78, 5) is 129. The minimum atomic E-state index is -0.739. The van der Waals surface area contributed by atoms with Crippen LogP contribution >= 0.6 is 0 Å². The van der Waals surface area contributed by atoms with E-state index in [1.165, 1.54) is 149 Å². The molecule has 0 unspecified atom stereocenters. The Labute approximate surface area is 839 Å². The van der Waals surface area contributed by atoms with Crippen molar-refractivity contribution in [2.45, 2.75) is 255 Å². The zero-order valence-electron chi connectivity index (χ0n) is 87.5. The Hall–Kier alpha value is -12.3. The number of aryl methyl sites for hydroxylation is 3. The minimum absolute atomic E-state index is 0.0616. The van der Waals surface area contributed by atoms with Crippen molar-refractivity contribution in [1.82, 2.24) is 49.8 Å². The number of hydrogen-bond donors (Lipinski definition) is 3. The highest BCUT2D eigenvalue weighted by atomic mass is 16.6. The first-order valence-electron chi connectivity index (χ1n) is 51.3. The van der Waals surface area contributed by atoms with Gasteiger partial charge in [-0.1, -0.05) is 177 Å². The summed E-state index contributed by atoms with van der Waals surface area (Å²) < 4.78 is 33.8. The molecule has 12 aromatic rings. The molecule has 764 valence electrons. The number of hydrogen-bond acceptors (Lipinski definition) is 17. The number of amides is 8. The van der Waals surface area contributed by atoms with Crippen LogP contribution in [0.5, 0.6) is 0 Å². The van der Waals surface area contributed by atoms with Crippen LogP contribution < -0.4 is 10.6 Å². The highest BCUT2D eigenvalue weighted by Gasteiger charge is 2.34. The Bertz CT molecular complexity index is 6130. The molecule has 3 heterocycles. The fourth-order valence-electron chi connectivity index (χ4n) is 18.7. The molecule has 15 rings (SSSR count). The fraction of sp³-hybridized carbons (Fsp3) is 0.509. The van der Waals surface area contributed by atoms with Gasteiger partial charge in [0, 0.05) is 137 Å². The summed E-state index contributed by atoms with van der Waals surface area (Å²) in [5.74, 6) is -0.436. The highest BCUT2D eigenvalue weighted by molar-refractivity contribution is 6.26. The molecule has 142 heavy (non-hydrogen) atoms. The fourth-order valence-corrected chi connectivity index (χ4v) is 18.7. The standard InChI is InChI=1S/C43H58N4O7.C30H36N2O.C23H44N4O6.C20H16O2/c1-41(2,3)52-38(49)45-24-22-44(23-25-46(39(50)53-42(4,5)6)27-29-47(28-26-45)40(51)54-43(7,8)9)35(48)15-11-12-30-16-17-33-19-18-31-13-10-14-32-20-21-34(30)37(33)36(31)32;33-28(32-21-5-1-3-19-31-20-4-2-6-22-32)12-8-9-23-13-14-26-16-15-24-10-7-11-25-17-18-27(23)30(26)29(24)25;1-21(2,3)31-18(28)25-12-10-24-11-13-26(19(29)32-22(4,5)6)15-17-27(16-14-25)20(30)33-23(7,8)9;21-18(22)6-2-3-13-7-8-16-10-9-14-4-1-5-15-11-12-17(13)20(16)19(14)15/h10,13-14,16-21H,11-12,15,22-29H2,1-9H3;7,10-11,13-18,31H,1-6,8-9,12,19-22H2;24H,10-17H2,1-9H3;1,4-5,7-12H,2-3,6H2,(H,21,22). The third-order valence-electron chi connectivity index (χ3n) is 25.5. The molecule has 0 aromatic heterocycles. The maximum absolute atomic E-state index is 14.0. The van der Waals surface area contributed by atoms with Gasteiger partial charge < -0.3 is 83.4 Å². The summed E-state index contributed by atoms with van der Waals surface area (Å²) in [6, 6.07) is 58.9.